The number of aliphatic hydroxyl groups is 1. The Morgan fingerprint density at radius 3 is 2.82 bits per heavy atom. The molecule has 0 heterocycles. The zero-order valence-electron chi connectivity index (χ0n) is 6.62. The van der Waals surface area contributed by atoms with E-state index in [1.54, 1.807) is 0 Å². The Balaban J connectivity index is 2.47. The van der Waals surface area contributed by atoms with Crippen LogP contribution < -0.4 is 0 Å². The van der Waals surface area contributed by atoms with Crippen LogP contribution in [0.4, 0.5) is 0 Å². The smallest absolute Gasteiger partial charge is 0.0646 e. The first-order chi connectivity index (χ1) is 5.29. The molecule has 1 heteroatoms. The van der Waals surface area contributed by atoms with Crippen molar-refractivity contribution in [3.05, 3.63) is 35.4 Å². The third kappa shape index (κ3) is 0.962. The van der Waals surface area contributed by atoms with Crippen molar-refractivity contribution in [2.45, 2.75) is 25.4 Å². The van der Waals surface area contributed by atoms with Crippen molar-refractivity contribution >= 4 is 0 Å². The molecule has 0 saturated carbocycles. The van der Waals surface area contributed by atoms with E-state index in [-0.39, 0.29) is 6.10 Å². The lowest BCUT2D eigenvalue weighted by Gasteiger charge is -2.07. The zero-order chi connectivity index (χ0) is 7.84. The second kappa shape index (κ2) is 2.35. The fourth-order valence-electron chi connectivity index (χ4n) is 1.77. The summed E-state index contributed by atoms with van der Waals surface area (Å²) in [6.07, 6.45) is 0.671. The fraction of sp³-hybridized carbons (Fsp3) is 0.400. The highest BCUT2D eigenvalue weighted by Gasteiger charge is 2.26. The topological polar surface area (TPSA) is 20.2 Å². The van der Waals surface area contributed by atoms with Crippen LogP contribution in [0.1, 0.15) is 24.0 Å². The molecule has 0 radical (unpaired) electrons. The third-order valence-electron chi connectivity index (χ3n) is 2.55. The van der Waals surface area contributed by atoms with E-state index in [0.29, 0.717) is 5.92 Å². The quantitative estimate of drug-likeness (QED) is 0.593. The molecule has 2 atom stereocenters. The number of aliphatic hydroxyl groups excluding tert-OH is 1. The molecule has 0 fully saturated rings. The molecule has 0 amide bonds. The molecule has 11 heavy (non-hydrogen) atoms. The Labute approximate surface area is 66.7 Å². The van der Waals surface area contributed by atoms with Gasteiger partial charge in [0.15, 0.2) is 0 Å². The van der Waals surface area contributed by atoms with E-state index in [9.17, 15) is 5.11 Å². The van der Waals surface area contributed by atoms with E-state index < -0.39 is 0 Å². The summed E-state index contributed by atoms with van der Waals surface area (Å²) in [7, 11) is 0. The lowest BCUT2D eigenvalue weighted by Crippen LogP contribution is -2.09. The predicted molar refractivity (Wildman–Crippen MR) is 44.6 cm³/mol. The second-order valence-electron chi connectivity index (χ2n) is 3.26. The summed E-state index contributed by atoms with van der Waals surface area (Å²) in [5.41, 5.74) is 2.63. The molecule has 0 bridgehead atoms. The van der Waals surface area contributed by atoms with Crippen LogP contribution in [0.3, 0.4) is 0 Å². The minimum absolute atomic E-state index is 0.160. The Morgan fingerprint density at radius 1 is 1.36 bits per heavy atom. The van der Waals surface area contributed by atoms with Gasteiger partial charge in [0, 0.05) is 5.92 Å². The van der Waals surface area contributed by atoms with E-state index in [4.69, 9.17) is 0 Å². The van der Waals surface area contributed by atoms with Crippen LogP contribution in [0.2, 0.25) is 0 Å². The maximum atomic E-state index is 9.52. The van der Waals surface area contributed by atoms with Gasteiger partial charge in [-0.15, -0.1) is 0 Å². The highest BCUT2D eigenvalue weighted by atomic mass is 16.3. The highest BCUT2D eigenvalue weighted by Crippen LogP contribution is 2.32. The summed E-state index contributed by atoms with van der Waals surface area (Å²) < 4.78 is 0. The van der Waals surface area contributed by atoms with Crippen LogP contribution in [-0.4, -0.2) is 11.2 Å². The van der Waals surface area contributed by atoms with E-state index >= 15 is 0 Å². The zero-order valence-corrected chi connectivity index (χ0v) is 6.62. The van der Waals surface area contributed by atoms with Gasteiger partial charge in [-0.1, -0.05) is 31.2 Å². The molecule has 0 aliphatic heterocycles. The van der Waals surface area contributed by atoms with Crippen molar-refractivity contribution in [2.24, 2.45) is 0 Å². The van der Waals surface area contributed by atoms with Crippen molar-refractivity contribution in [3.8, 4) is 0 Å². The summed E-state index contributed by atoms with van der Waals surface area (Å²) >= 11 is 0. The molecule has 58 valence electrons. The van der Waals surface area contributed by atoms with E-state index in [2.05, 4.69) is 19.1 Å². The van der Waals surface area contributed by atoms with E-state index in [0.717, 1.165) is 6.42 Å². The minimum atomic E-state index is -0.160. The number of benzene rings is 1. The Morgan fingerprint density at radius 2 is 2.09 bits per heavy atom. The molecule has 1 aromatic rings. The second-order valence-corrected chi connectivity index (χ2v) is 3.26. The lowest BCUT2D eigenvalue weighted by molar-refractivity contribution is 0.163. The van der Waals surface area contributed by atoms with Gasteiger partial charge in [-0.3, -0.25) is 0 Å². The van der Waals surface area contributed by atoms with Crippen molar-refractivity contribution in [1.82, 2.24) is 0 Å². The summed E-state index contributed by atoms with van der Waals surface area (Å²) in [5.74, 6) is 0.325. The molecule has 1 aromatic carbocycles. The SMILES string of the molecule is C[C@H]1c2ccccc2C[C@H]1O. The molecular weight excluding hydrogens is 136 g/mol. The average molecular weight is 148 g/mol. The number of rotatable bonds is 0. The van der Waals surface area contributed by atoms with Gasteiger partial charge in [0.05, 0.1) is 6.10 Å². The molecule has 0 unspecified atom stereocenters. The first-order valence-corrected chi connectivity index (χ1v) is 4.05. The largest absolute Gasteiger partial charge is 0.392 e. The molecule has 1 nitrogen and oxygen atoms in total. The summed E-state index contributed by atoms with van der Waals surface area (Å²) in [4.78, 5) is 0. The van der Waals surface area contributed by atoms with E-state index in [1.807, 2.05) is 12.1 Å². The summed E-state index contributed by atoms with van der Waals surface area (Å²) in [6, 6.07) is 8.27. The van der Waals surface area contributed by atoms with E-state index in [1.165, 1.54) is 11.1 Å². The van der Waals surface area contributed by atoms with Gasteiger partial charge in [0.25, 0.3) is 0 Å². The molecule has 2 rings (SSSR count). The molecule has 0 aromatic heterocycles. The Kier molecular flexibility index (Phi) is 1.46. The van der Waals surface area contributed by atoms with Crippen LogP contribution in [0.25, 0.3) is 0 Å². The van der Waals surface area contributed by atoms with Gasteiger partial charge in [0.1, 0.15) is 0 Å². The van der Waals surface area contributed by atoms with Crippen LogP contribution in [0.5, 0.6) is 0 Å². The summed E-state index contributed by atoms with van der Waals surface area (Å²) in [5, 5.41) is 9.52. The maximum Gasteiger partial charge on any atom is 0.0646 e. The Bertz CT molecular complexity index is 267. The van der Waals surface area contributed by atoms with Crippen molar-refractivity contribution < 1.29 is 5.11 Å². The standard InChI is InChI=1S/C10H12O/c1-7-9-5-3-2-4-8(9)6-10(7)11/h2-5,7,10-11H,6H2,1H3/t7-,10+/m0/s1. The number of hydrogen-bond acceptors (Lipinski definition) is 1. The van der Waals surface area contributed by atoms with Crippen molar-refractivity contribution in [2.75, 3.05) is 0 Å². The first-order valence-electron chi connectivity index (χ1n) is 4.05. The normalized spacial score (nSPS) is 28.5. The van der Waals surface area contributed by atoms with Crippen LogP contribution in [0, 0.1) is 0 Å². The molecule has 1 N–H and O–H groups in total. The summed E-state index contributed by atoms with van der Waals surface area (Å²) in [6.45, 7) is 2.08. The molecule has 0 saturated heterocycles. The predicted octanol–water partition coefficient (Wildman–Crippen LogP) is 1.71. The monoisotopic (exact) mass is 148 g/mol. The molecule has 1 aliphatic carbocycles. The number of hydrogen-bond donors (Lipinski definition) is 1. The van der Waals surface area contributed by atoms with Gasteiger partial charge < -0.3 is 5.11 Å². The van der Waals surface area contributed by atoms with Gasteiger partial charge in [-0.05, 0) is 17.5 Å². The average Bonchev–Trinajstić information content (AvgIpc) is 2.30. The molecule has 1 aliphatic rings. The fourth-order valence-corrected chi connectivity index (χ4v) is 1.77. The van der Waals surface area contributed by atoms with Gasteiger partial charge in [-0.25, -0.2) is 0 Å². The molecule has 0 spiro atoms. The van der Waals surface area contributed by atoms with Crippen molar-refractivity contribution in [3.63, 3.8) is 0 Å². The first kappa shape index (κ1) is 6.86. The van der Waals surface area contributed by atoms with Gasteiger partial charge in [-0.2, -0.15) is 0 Å². The Hall–Kier alpha value is -0.820. The van der Waals surface area contributed by atoms with Gasteiger partial charge in [0.2, 0.25) is 0 Å². The highest BCUT2D eigenvalue weighted by molar-refractivity contribution is 5.36. The lowest BCUT2D eigenvalue weighted by atomic mass is 10.0. The van der Waals surface area contributed by atoms with Crippen LogP contribution in [0.15, 0.2) is 24.3 Å². The third-order valence-corrected chi connectivity index (χ3v) is 2.55. The van der Waals surface area contributed by atoms with Crippen LogP contribution in [-0.2, 0) is 6.42 Å². The van der Waals surface area contributed by atoms with Gasteiger partial charge >= 0.3 is 0 Å². The maximum absolute atomic E-state index is 9.52. The minimum Gasteiger partial charge on any atom is -0.392 e. The number of fused-ring (bicyclic) bond motifs is 1. The molecular formula is C10H12O. The van der Waals surface area contributed by atoms with Crippen molar-refractivity contribution in [1.29, 1.82) is 0 Å². The van der Waals surface area contributed by atoms with Crippen LogP contribution >= 0.6 is 0 Å².